The molecule has 1 aliphatic rings. The van der Waals surface area contributed by atoms with Crippen molar-refractivity contribution in [2.45, 2.75) is 38.7 Å². The van der Waals surface area contributed by atoms with E-state index in [1.54, 1.807) is 25.1 Å². The van der Waals surface area contributed by atoms with Crippen LogP contribution in [0.3, 0.4) is 0 Å². The summed E-state index contributed by atoms with van der Waals surface area (Å²) in [6, 6.07) is 4.33. The SMILES string of the molecule is COc1cc(Nc2ccc(C)c(C(=O)N3CC(F)(F)CCC3CNC(C)=O)n2)ncc1Cl. The Balaban J connectivity index is 1.86. The number of nitrogens with one attached hydrogen (secondary N) is 2. The standard InChI is InChI=1S/C21H24ClF2N5O3/c1-12-4-5-17(27-18-8-16(32-3)15(22)10-26-18)28-19(12)20(31)29-11-21(23,24)7-6-14(29)9-25-13(2)30/h4-5,8,10,14H,6-7,9,11H2,1-3H3,(H,25,30)(H,26,27,28). The van der Waals surface area contributed by atoms with Crippen LogP contribution < -0.4 is 15.4 Å². The number of nitrogens with zero attached hydrogens (tertiary/aromatic N) is 3. The molecular weight excluding hydrogens is 444 g/mol. The molecule has 0 bridgehead atoms. The van der Waals surface area contributed by atoms with E-state index in [0.29, 0.717) is 28.0 Å². The van der Waals surface area contributed by atoms with Gasteiger partial charge in [-0.15, -0.1) is 0 Å². The van der Waals surface area contributed by atoms with Gasteiger partial charge < -0.3 is 20.3 Å². The average molecular weight is 468 g/mol. The van der Waals surface area contributed by atoms with Crippen molar-refractivity contribution >= 4 is 35.1 Å². The minimum Gasteiger partial charge on any atom is -0.495 e. The number of hydrogen-bond donors (Lipinski definition) is 2. The van der Waals surface area contributed by atoms with E-state index in [1.165, 1.54) is 20.2 Å². The lowest BCUT2D eigenvalue weighted by molar-refractivity contribution is -0.119. The number of carbonyl (C=O) groups excluding carboxylic acids is 2. The number of pyridine rings is 2. The van der Waals surface area contributed by atoms with Crippen LogP contribution in [0.1, 0.15) is 35.8 Å². The van der Waals surface area contributed by atoms with Crippen LogP contribution in [0.4, 0.5) is 20.4 Å². The summed E-state index contributed by atoms with van der Waals surface area (Å²) in [5.41, 5.74) is 0.579. The predicted molar refractivity (Wildman–Crippen MR) is 116 cm³/mol. The number of amides is 2. The Bertz CT molecular complexity index is 1020. The number of aromatic nitrogens is 2. The Morgan fingerprint density at radius 2 is 2.09 bits per heavy atom. The fourth-order valence-corrected chi connectivity index (χ4v) is 3.61. The minimum absolute atomic E-state index is 0.0430. The van der Waals surface area contributed by atoms with Gasteiger partial charge in [0.15, 0.2) is 0 Å². The summed E-state index contributed by atoms with van der Waals surface area (Å²) in [5.74, 6) is -2.82. The van der Waals surface area contributed by atoms with Crippen molar-refractivity contribution in [1.82, 2.24) is 20.2 Å². The van der Waals surface area contributed by atoms with Gasteiger partial charge in [-0.2, -0.15) is 0 Å². The molecule has 2 aromatic rings. The predicted octanol–water partition coefficient (Wildman–Crippen LogP) is 3.57. The maximum absolute atomic E-state index is 14.1. The van der Waals surface area contributed by atoms with E-state index in [1.807, 2.05) is 0 Å². The van der Waals surface area contributed by atoms with Gasteiger partial charge in [-0.1, -0.05) is 17.7 Å². The highest BCUT2D eigenvalue weighted by Crippen LogP contribution is 2.32. The highest BCUT2D eigenvalue weighted by Gasteiger charge is 2.42. The van der Waals surface area contributed by atoms with Gasteiger partial charge >= 0.3 is 0 Å². The van der Waals surface area contributed by atoms with Gasteiger partial charge in [-0.25, -0.2) is 18.7 Å². The summed E-state index contributed by atoms with van der Waals surface area (Å²) in [4.78, 5) is 34.1. The number of halogens is 3. The van der Waals surface area contributed by atoms with E-state index in [-0.39, 0.29) is 31.0 Å². The maximum atomic E-state index is 14.1. The molecule has 0 aliphatic carbocycles. The Hall–Kier alpha value is -3.01. The summed E-state index contributed by atoms with van der Waals surface area (Å²) in [6.45, 7) is 2.39. The van der Waals surface area contributed by atoms with Gasteiger partial charge in [0.1, 0.15) is 28.1 Å². The lowest BCUT2D eigenvalue weighted by atomic mass is 9.98. The number of alkyl halides is 2. The van der Waals surface area contributed by atoms with E-state index in [4.69, 9.17) is 16.3 Å². The molecule has 1 fully saturated rings. The monoisotopic (exact) mass is 467 g/mol. The zero-order chi connectivity index (χ0) is 23.5. The molecule has 2 aromatic heterocycles. The number of hydrogen-bond acceptors (Lipinski definition) is 6. The van der Waals surface area contributed by atoms with Gasteiger partial charge in [0, 0.05) is 32.0 Å². The fourth-order valence-electron chi connectivity index (χ4n) is 3.43. The third-order valence-corrected chi connectivity index (χ3v) is 5.41. The van der Waals surface area contributed by atoms with Crippen LogP contribution in [0.15, 0.2) is 24.4 Å². The first-order valence-electron chi connectivity index (χ1n) is 9.97. The van der Waals surface area contributed by atoms with Crippen molar-refractivity contribution in [3.8, 4) is 5.75 Å². The molecule has 1 unspecified atom stereocenters. The van der Waals surface area contributed by atoms with Crippen LogP contribution in [-0.2, 0) is 4.79 Å². The van der Waals surface area contributed by atoms with E-state index in [9.17, 15) is 18.4 Å². The number of methoxy groups -OCH3 is 1. The summed E-state index contributed by atoms with van der Waals surface area (Å²) in [5, 5.41) is 5.91. The molecule has 1 atom stereocenters. The molecule has 2 N–H and O–H groups in total. The molecule has 0 radical (unpaired) electrons. The maximum Gasteiger partial charge on any atom is 0.273 e. The van der Waals surface area contributed by atoms with Crippen LogP contribution in [0.5, 0.6) is 5.75 Å². The number of rotatable bonds is 6. The second-order valence-corrected chi connectivity index (χ2v) is 8.02. The van der Waals surface area contributed by atoms with Crippen LogP contribution in [-0.4, -0.2) is 58.8 Å². The Morgan fingerprint density at radius 3 is 2.78 bits per heavy atom. The van der Waals surface area contributed by atoms with Gasteiger partial charge in [0.25, 0.3) is 11.8 Å². The van der Waals surface area contributed by atoms with Crippen molar-refractivity contribution in [3.05, 3.63) is 40.7 Å². The van der Waals surface area contributed by atoms with Gasteiger partial charge in [0.05, 0.1) is 19.9 Å². The Kier molecular flexibility index (Phi) is 7.12. The molecule has 1 saturated heterocycles. The average Bonchev–Trinajstić information content (AvgIpc) is 2.74. The van der Waals surface area contributed by atoms with Crippen molar-refractivity contribution in [3.63, 3.8) is 0 Å². The third-order valence-electron chi connectivity index (χ3n) is 5.13. The van der Waals surface area contributed by atoms with E-state index in [0.717, 1.165) is 4.90 Å². The van der Waals surface area contributed by atoms with Gasteiger partial charge in [-0.3, -0.25) is 9.59 Å². The van der Waals surface area contributed by atoms with Crippen LogP contribution in [0.25, 0.3) is 0 Å². The van der Waals surface area contributed by atoms with E-state index < -0.39 is 24.4 Å². The van der Waals surface area contributed by atoms with Crippen LogP contribution >= 0.6 is 11.6 Å². The lowest BCUT2D eigenvalue weighted by Gasteiger charge is -2.39. The first kappa shape index (κ1) is 23.6. The summed E-state index contributed by atoms with van der Waals surface area (Å²) in [7, 11) is 1.47. The highest BCUT2D eigenvalue weighted by atomic mass is 35.5. The zero-order valence-corrected chi connectivity index (χ0v) is 18.7. The molecule has 0 aromatic carbocycles. The zero-order valence-electron chi connectivity index (χ0n) is 17.9. The fraction of sp³-hybridized carbons (Fsp3) is 0.429. The molecule has 3 rings (SSSR count). The van der Waals surface area contributed by atoms with Crippen molar-refractivity contribution in [2.24, 2.45) is 0 Å². The van der Waals surface area contributed by atoms with Crippen molar-refractivity contribution in [2.75, 3.05) is 25.5 Å². The van der Waals surface area contributed by atoms with Crippen LogP contribution in [0.2, 0.25) is 5.02 Å². The molecule has 11 heteroatoms. The number of anilines is 2. The van der Waals surface area contributed by atoms with Gasteiger partial charge in [-0.05, 0) is 25.0 Å². The molecule has 32 heavy (non-hydrogen) atoms. The second-order valence-electron chi connectivity index (χ2n) is 7.61. The topological polar surface area (TPSA) is 96.5 Å². The molecule has 3 heterocycles. The molecule has 8 nitrogen and oxygen atoms in total. The third kappa shape index (κ3) is 5.61. The molecular formula is C21H24ClF2N5O3. The summed E-state index contributed by atoms with van der Waals surface area (Å²) < 4.78 is 33.4. The van der Waals surface area contributed by atoms with Crippen LogP contribution in [0, 0.1) is 6.92 Å². The molecule has 0 spiro atoms. The van der Waals surface area contributed by atoms with Crippen molar-refractivity contribution in [1.29, 1.82) is 0 Å². The first-order chi connectivity index (χ1) is 15.1. The van der Waals surface area contributed by atoms with E-state index in [2.05, 4.69) is 20.6 Å². The number of likely N-dealkylation sites (tertiary alicyclic amines) is 1. The number of aryl methyl sites for hydroxylation is 1. The number of carbonyl (C=O) groups is 2. The molecule has 172 valence electrons. The lowest BCUT2D eigenvalue weighted by Crippen LogP contribution is -2.55. The van der Waals surface area contributed by atoms with E-state index >= 15 is 0 Å². The smallest absolute Gasteiger partial charge is 0.273 e. The normalized spacial score (nSPS) is 17.6. The van der Waals surface area contributed by atoms with Gasteiger partial charge in [0.2, 0.25) is 5.91 Å². The highest BCUT2D eigenvalue weighted by molar-refractivity contribution is 6.32. The first-order valence-corrected chi connectivity index (χ1v) is 10.3. The second kappa shape index (κ2) is 9.64. The largest absolute Gasteiger partial charge is 0.495 e. The summed E-state index contributed by atoms with van der Waals surface area (Å²) in [6.07, 6.45) is 1.13. The molecule has 1 aliphatic heterocycles. The Labute approximate surface area is 189 Å². The van der Waals surface area contributed by atoms with Crippen molar-refractivity contribution < 1.29 is 23.1 Å². The molecule has 2 amide bonds. The number of ether oxygens (including phenoxy) is 1. The quantitative estimate of drug-likeness (QED) is 0.674. The summed E-state index contributed by atoms with van der Waals surface area (Å²) >= 11 is 5.99. The minimum atomic E-state index is -3.00. The Morgan fingerprint density at radius 1 is 1.34 bits per heavy atom. The molecule has 0 saturated carbocycles. The number of piperidine rings is 1.